The lowest BCUT2D eigenvalue weighted by atomic mass is 9.84. The van der Waals surface area contributed by atoms with Crippen molar-refractivity contribution in [3.05, 3.63) is 100 Å². The number of hydrogen-bond acceptors (Lipinski definition) is 3. The van der Waals surface area contributed by atoms with Crippen LogP contribution >= 0.6 is 11.6 Å². The van der Waals surface area contributed by atoms with Crippen molar-refractivity contribution < 1.29 is 5.11 Å². The summed E-state index contributed by atoms with van der Waals surface area (Å²) < 4.78 is 0. The molecule has 0 aromatic heterocycles. The van der Waals surface area contributed by atoms with Crippen LogP contribution in [0.2, 0.25) is 5.02 Å². The molecule has 0 aliphatic carbocycles. The molecule has 0 bridgehead atoms. The molecule has 0 saturated carbocycles. The molecule has 1 saturated heterocycles. The van der Waals surface area contributed by atoms with Crippen LogP contribution in [0.3, 0.4) is 0 Å². The van der Waals surface area contributed by atoms with Crippen molar-refractivity contribution in [3.8, 4) is 0 Å². The van der Waals surface area contributed by atoms with Gasteiger partial charge in [0.1, 0.15) is 0 Å². The first-order valence-corrected chi connectivity index (χ1v) is 12.6. The van der Waals surface area contributed by atoms with Crippen molar-refractivity contribution in [1.82, 2.24) is 4.90 Å². The molecule has 3 nitrogen and oxygen atoms in total. The molecule has 0 spiro atoms. The van der Waals surface area contributed by atoms with Crippen LogP contribution in [0.5, 0.6) is 0 Å². The molecule has 3 aromatic carbocycles. The van der Waals surface area contributed by atoms with Gasteiger partial charge in [-0.1, -0.05) is 66.2 Å². The summed E-state index contributed by atoms with van der Waals surface area (Å²) in [6.07, 6.45) is 4.88. The fourth-order valence-corrected chi connectivity index (χ4v) is 5.55. The van der Waals surface area contributed by atoms with E-state index in [2.05, 4.69) is 58.3 Å². The van der Waals surface area contributed by atoms with Crippen molar-refractivity contribution >= 4 is 17.3 Å². The van der Waals surface area contributed by atoms with Gasteiger partial charge in [0.25, 0.3) is 0 Å². The summed E-state index contributed by atoms with van der Waals surface area (Å²) in [5.74, 6) is 0. The lowest BCUT2D eigenvalue weighted by Gasteiger charge is -2.39. The molecular weight excluding hydrogens is 428 g/mol. The Kier molecular flexibility index (Phi) is 6.73. The highest BCUT2D eigenvalue weighted by Crippen LogP contribution is 2.34. The number of halogens is 1. The number of aryl methyl sites for hydroxylation is 2. The zero-order chi connectivity index (χ0) is 22.7. The molecule has 1 N–H and O–H groups in total. The van der Waals surface area contributed by atoms with Gasteiger partial charge >= 0.3 is 0 Å². The van der Waals surface area contributed by atoms with E-state index < -0.39 is 5.60 Å². The van der Waals surface area contributed by atoms with E-state index in [0.29, 0.717) is 5.02 Å². The third-order valence-corrected chi connectivity index (χ3v) is 7.69. The van der Waals surface area contributed by atoms with Gasteiger partial charge in [0.15, 0.2) is 0 Å². The highest BCUT2D eigenvalue weighted by molar-refractivity contribution is 6.30. The summed E-state index contributed by atoms with van der Waals surface area (Å²) in [4.78, 5) is 5.08. The number of fused-ring (bicyclic) bond motifs is 2. The second-order valence-corrected chi connectivity index (χ2v) is 9.99. The number of para-hydroxylation sites is 1. The summed E-state index contributed by atoms with van der Waals surface area (Å²) in [6.45, 7) is 4.95. The minimum atomic E-state index is -0.729. The van der Waals surface area contributed by atoms with Crippen LogP contribution in [0, 0.1) is 0 Å². The molecule has 5 rings (SSSR count). The van der Waals surface area contributed by atoms with Crippen molar-refractivity contribution in [2.24, 2.45) is 0 Å². The molecule has 0 unspecified atom stereocenters. The van der Waals surface area contributed by atoms with E-state index in [9.17, 15) is 5.11 Å². The molecule has 33 heavy (non-hydrogen) atoms. The Morgan fingerprint density at radius 3 is 2.15 bits per heavy atom. The Hall–Kier alpha value is -2.33. The maximum atomic E-state index is 11.2. The zero-order valence-corrected chi connectivity index (χ0v) is 20.0. The van der Waals surface area contributed by atoms with E-state index in [-0.39, 0.29) is 0 Å². The largest absolute Gasteiger partial charge is 0.385 e. The zero-order valence-electron chi connectivity index (χ0n) is 19.2. The van der Waals surface area contributed by atoms with Crippen molar-refractivity contribution in [2.45, 2.75) is 44.2 Å². The lowest BCUT2D eigenvalue weighted by Crippen LogP contribution is -2.43. The van der Waals surface area contributed by atoms with Gasteiger partial charge < -0.3 is 14.9 Å². The number of piperidine rings is 1. The van der Waals surface area contributed by atoms with Crippen LogP contribution in [0.25, 0.3) is 0 Å². The number of likely N-dealkylation sites (tertiary alicyclic amines) is 1. The summed E-state index contributed by atoms with van der Waals surface area (Å²) in [6, 6.07) is 25.5. The molecular formula is C29H33ClN2O. The second kappa shape index (κ2) is 9.89. The SMILES string of the molecule is OC1(c2ccc(Cl)cc2)CCN(CCCN2Cc3ccccc3CCc3ccccc32)CC1. The van der Waals surface area contributed by atoms with Gasteiger partial charge in [-0.25, -0.2) is 0 Å². The molecule has 0 amide bonds. The normalized spacial score (nSPS) is 18.2. The Morgan fingerprint density at radius 2 is 1.39 bits per heavy atom. The molecule has 1 fully saturated rings. The average molecular weight is 461 g/mol. The predicted octanol–water partition coefficient (Wildman–Crippen LogP) is 5.82. The van der Waals surface area contributed by atoms with Crippen LogP contribution < -0.4 is 4.90 Å². The number of nitrogens with zero attached hydrogens (tertiary/aromatic N) is 2. The smallest absolute Gasteiger partial charge is 0.0920 e. The van der Waals surface area contributed by atoms with Crippen LogP contribution in [0.1, 0.15) is 41.5 Å². The fourth-order valence-electron chi connectivity index (χ4n) is 5.43. The van der Waals surface area contributed by atoms with Gasteiger partial charge in [-0.15, -0.1) is 0 Å². The van der Waals surface area contributed by atoms with E-state index in [1.165, 1.54) is 22.4 Å². The third kappa shape index (κ3) is 5.11. The second-order valence-electron chi connectivity index (χ2n) is 9.55. The number of aliphatic hydroxyl groups is 1. The predicted molar refractivity (Wildman–Crippen MR) is 137 cm³/mol. The maximum absolute atomic E-state index is 11.2. The van der Waals surface area contributed by atoms with Crippen molar-refractivity contribution in [2.75, 3.05) is 31.1 Å². The van der Waals surface area contributed by atoms with Gasteiger partial charge in [0, 0.05) is 36.9 Å². The summed E-state index contributed by atoms with van der Waals surface area (Å²) in [5.41, 5.74) is 6.04. The quantitative estimate of drug-likeness (QED) is 0.519. The molecule has 2 aliphatic rings. The Labute approximate surface area is 202 Å². The van der Waals surface area contributed by atoms with Crippen LogP contribution in [0.15, 0.2) is 72.8 Å². The molecule has 0 atom stereocenters. The average Bonchev–Trinajstić information content (AvgIpc) is 2.83. The van der Waals surface area contributed by atoms with Crippen molar-refractivity contribution in [1.29, 1.82) is 0 Å². The Balaban J connectivity index is 1.20. The first-order chi connectivity index (χ1) is 16.1. The van der Waals surface area contributed by atoms with Crippen LogP contribution in [0.4, 0.5) is 5.69 Å². The topological polar surface area (TPSA) is 26.7 Å². The third-order valence-electron chi connectivity index (χ3n) is 7.44. The summed E-state index contributed by atoms with van der Waals surface area (Å²) in [5, 5.41) is 11.9. The summed E-state index contributed by atoms with van der Waals surface area (Å²) >= 11 is 6.03. The van der Waals surface area contributed by atoms with Gasteiger partial charge in [-0.05, 0) is 79.1 Å². The van der Waals surface area contributed by atoms with E-state index in [1.54, 1.807) is 0 Å². The molecule has 172 valence electrons. The van der Waals surface area contributed by atoms with Crippen LogP contribution in [-0.2, 0) is 25.0 Å². The minimum absolute atomic E-state index is 0.716. The van der Waals surface area contributed by atoms with Gasteiger partial charge in [0.2, 0.25) is 0 Å². The van der Waals surface area contributed by atoms with Gasteiger partial charge in [0.05, 0.1) is 5.60 Å². The number of rotatable bonds is 5. The van der Waals surface area contributed by atoms with Crippen LogP contribution in [-0.4, -0.2) is 36.2 Å². The highest BCUT2D eigenvalue weighted by Gasteiger charge is 2.33. The van der Waals surface area contributed by atoms with Gasteiger partial charge in [-0.2, -0.15) is 0 Å². The highest BCUT2D eigenvalue weighted by atomic mass is 35.5. The minimum Gasteiger partial charge on any atom is -0.385 e. The van der Waals surface area contributed by atoms with E-state index in [4.69, 9.17) is 11.6 Å². The van der Waals surface area contributed by atoms with Crippen molar-refractivity contribution in [3.63, 3.8) is 0 Å². The standard InChI is InChI=1S/C29H33ClN2O/c30-27-14-12-26(13-15-27)29(33)16-20-31(21-17-29)18-5-19-32-22-25-8-2-1-6-23(25)10-11-24-7-3-4-9-28(24)32/h1-4,6-9,12-15,33H,5,10-11,16-22H2. The molecule has 2 heterocycles. The molecule has 4 heteroatoms. The first kappa shape index (κ1) is 22.5. The Morgan fingerprint density at radius 1 is 0.758 bits per heavy atom. The molecule has 3 aromatic rings. The first-order valence-electron chi connectivity index (χ1n) is 12.2. The number of benzene rings is 3. The van der Waals surface area contributed by atoms with E-state index >= 15 is 0 Å². The molecule has 0 radical (unpaired) electrons. The van der Waals surface area contributed by atoms with E-state index in [0.717, 1.165) is 70.4 Å². The monoisotopic (exact) mass is 460 g/mol. The van der Waals surface area contributed by atoms with E-state index in [1.807, 2.05) is 24.3 Å². The lowest BCUT2D eigenvalue weighted by molar-refractivity contribution is -0.0259. The fraction of sp³-hybridized carbons (Fsp3) is 0.379. The molecule has 2 aliphatic heterocycles. The Bertz CT molecular complexity index is 1070. The number of hydrogen-bond donors (Lipinski definition) is 1. The van der Waals surface area contributed by atoms with Gasteiger partial charge in [-0.3, -0.25) is 0 Å². The maximum Gasteiger partial charge on any atom is 0.0920 e. The number of anilines is 1. The summed E-state index contributed by atoms with van der Waals surface area (Å²) in [7, 11) is 0.